The average molecular weight is 387 g/mol. The highest BCUT2D eigenvalue weighted by molar-refractivity contribution is 7.99. The maximum atomic E-state index is 12.2. The van der Waals surface area contributed by atoms with Gasteiger partial charge < -0.3 is 10.1 Å². The fraction of sp³-hybridized carbons (Fsp3) is 0.450. The quantitative estimate of drug-likeness (QED) is 0.554. The zero-order valence-corrected chi connectivity index (χ0v) is 16.7. The molecule has 0 bridgehead atoms. The van der Waals surface area contributed by atoms with E-state index in [1.807, 2.05) is 35.8 Å². The predicted molar refractivity (Wildman–Crippen MR) is 108 cm³/mol. The zero-order valence-electron chi connectivity index (χ0n) is 15.9. The van der Waals surface area contributed by atoms with Crippen LogP contribution in [0.25, 0.3) is 5.69 Å². The van der Waals surface area contributed by atoms with Crippen molar-refractivity contribution in [1.29, 1.82) is 0 Å². The number of nitrogens with one attached hydrogen (secondary N) is 1. The van der Waals surface area contributed by atoms with Gasteiger partial charge in [-0.25, -0.2) is 0 Å². The van der Waals surface area contributed by atoms with Crippen molar-refractivity contribution in [2.75, 3.05) is 19.4 Å². The molecule has 144 valence electrons. The number of benzene rings is 1. The van der Waals surface area contributed by atoms with Crippen LogP contribution < -0.4 is 10.1 Å². The second-order valence-electron chi connectivity index (χ2n) is 6.56. The van der Waals surface area contributed by atoms with E-state index in [0.717, 1.165) is 23.7 Å². The van der Waals surface area contributed by atoms with Gasteiger partial charge in [-0.3, -0.25) is 9.36 Å². The smallest absolute Gasteiger partial charge is 0.230 e. The lowest BCUT2D eigenvalue weighted by Crippen LogP contribution is -2.26. The van der Waals surface area contributed by atoms with E-state index in [1.54, 1.807) is 7.11 Å². The molecular weight excluding hydrogens is 360 g/mol. The number of nitrogens with zero attached hydrogens (tertiary/aromatic N) is 3. The molecule has 0 atom stereocenters. The highest BCUT2D eigenvalue weighted by atomic mass is 32.2. The van der Waals surface area contributed by atoms with Gasteiger partial charge in [-0.05, 0) is 63.3 Å². The molecule has 1 heterocycles. The Morgan fingerprint density at radius 3 is 2.78 bits per heavy atom. The van der Waals surface area contributed by atoms with Crippen molar-refractivity contribution in [3.8, 4) is 11.4 Å². The lowest BCUT2D eigenvalue weighted by atomic mass is 9.97. The number of carbonyl (C=O) groups is 1. The molecule has 2 aromatic rings. The number of carbonyl (C=O) groups excluding carboxylic acids is 1. The maximum absolute atomic E-state index is 12.2. The van der Waals surface area contributed by atoms with Crippen molar-refractivity contribution in [1.82, 2.24) is 20.1 Å². The van der Waals surface area contributed by atoms with Crippen LogP contribution in [0, 0.1) is 6.92 Å². The first-order valence-electron chi connectivity index (χ1n) is 9.31. The van der Waals surface area contributed by atoms with Crippen LogP contribution in [0.5, 0.6) is 5.75 Å². The SMILES string of the molecule is COc1ccc(-n2c(C)nnc2SCC(=O)NCCC2=CCCCC2)cc1. The molecule has 1 aromatic carbocycles. The summed E-state index contributed by atoms with van der Waals surface area (Å²) in [7, 11) is 1.64. The number of amides is 1. The summed E-state index contributed by atoms with van der Waals surface area (Å²) in [5, 5.41) is 12.1. The van der Waals surface area contributed by atoms with Crippen molar-refractivity contribution < 1.29 is 9.53 Å². The van der Waals surface area contributed by atoms with Crippen molar-refractivity contribution in [3.05, 3.63) is 41.7 Å². The van der Waals surface area contributed by atoms with Gasteiger partial charge in [-0.15, -0.1) is 10.2 Å². The molecule has 6 nitrogen and oxygen atoms in total. The van der Waals surface area contributed by atoms with E-state index in [0.29, 0.717) is 17.5 Å². The maximum Gasteiger partial charge on any atom is 0.230 e. The normalized spacial score (nSPS) is 13.9. The van der Waals surface area contributed by atoms with Gasteiger partial charge in [0.05, 0.1) is 12.9 Å². The molecule has 1 N–H and O–H groups in total. The van der Waals surface area contributed by atoms with E-state index in [2.05, 4.69) is 21.6 Å². The molecule has 1 aliphatic carbocycles. The van der Waals surface area contributed by atoms with Gasteiger partial charge in [0, 0.05) is 12.2 Å². The Balaban J connectivity index is 1.53. The number of allylic oxidation sites excluding steroid dienone is 1. The van der Waals surface area contributed by atoms with Gasteiger partial charge in [-0.1, -0.05) is 23.4 Å². The molecule has 0 unspecified atom stereocenters. The number of aromatic nitrogens is 3. The zero-order chi connectivity index (χ0) is 19.1. The second-order valence-corrected chi connectivity index (χ2v) is 7.50. The lowest BCUT2D eigenvalue weighted by molar-refractivity contribution is -0.118. The van der Waals surface area contributed by atoms with Gasteiger partial charge in [0.1, 0.15) is 11.6 Å². The molecule has 3 rings (SSSR count). The molecule has 1 amide bonds. The summed E-state index contributed by atoms with van der Waals surface area (Å²) in [5.41, 5.74) is 2.43. The van der Waals surface area contributed by atoms with Gasteiger partial charge in [0.2, 0.25) is 5.91 Å². The van der Waals surface area contributed by atoms with E-state index in [4.69, 9.17) is 4.74 Å². The number of rotatable bonds is 8. The lowest BCUT2D eigenvalue weighted by Gasteiger charge is -2.13. The van der Waals surface area contributed by atoms with E-state index >= 15 is 0 Å². The summed E-state index contributed by atoms with van der Waals surface area (Å²) in [6.45, 7) is 2.61. The number of ether oxygens (including phenoxy) is 1. The number of hydrogen-bond acceptors (Lipinski definition) is 5. The number of methoxy groups -OCH3 is 1. The van der Waals surface area contributed by atoms with Crippen LogP contribution in [0.3, 0.4) is 0 Å². The van der Waals surface area contributed by atoms with Gasteiger partial charge in [-0.2, -0.15) is 0 Å². The van der Waals surface area contributed by atoms with Crippen LogP contribution >= 0.6 is 11.8 Å². The summed E-state index contributed by atoms with van der Waals surface area (Å²) < 4.78 is 7.15. The third kappa shape index (κ3) is 5.35. The summed E-state index contributed by atoms with van der Waals surface area (Å²) in [4.78, 5) is 12.2. The van der Waals surface area contributed by atoms with E-state index in [-0.39, 0.29) is 5.91 Å². The molecule has 0 spiro atoms. The Kier molecular flexibility index (Phi) is 6.92. The number of aryl methyl sites for hydroxylation is 1. The van der Waals surface area contributed by atoms with Gasteiger partial charge in [0.25, 0.3) is 0 Å². The summed E-state index contributed by atoms with van der Waals surface area (Å²) >= 11 is 1.40. The molecular formula is C20H26N4O2S. The van der Waals surface area contributed by atoms with Crippen LogP contribution in [-0.4, -0.2) is 40.1 Å². The van der Waals surface area contributed by atoms with Crippen LogP contribution in [-0.2, 0) is 4.79 Å². The largest absolute Gasteiger partial charge is 0.497 e. The second kappa shape index (κ2) is 9.60. The Morgan fingerprint density at radius 1 is 1.26 bits per heavy atom. The first kappa shape index (κ1) is 19.5. The van der Waals surface area contributed by atoms with Crippen molar-refractivity contribution in [2.24, 2.45) is 0 Å². The van der Waals surface area contributed by atoms with Crippen LogP contribution in [0.2, 0.25) is 0 Å². The fourth-order valence-corrected chi connectivity index (χ4v) is 3.97. The molecule has 7 heteroatoms. The molecule has 27 heavy (non-hydrogen) atoms. The summed E-state index contributed by atoms with van der Waals surface area (Å²) in [5.74, 6) is 1.93. The Labute approximate surface area is 164 Å². The third-order valence-corrected chi connectivity index (χ3v) is 5.54. The first-order valence-corrected chi connectivity index (χ1v) is 10.3. The van der Waals surface area contributed by atoms with Gasteiger partial charge in [0.15, 0.2) is 5.16 Å². The minimum absolute atomic E-state index is 0.0262. The molecule has 1 aromatic heterocycles. The molecule has 0 fully saturated rings. The predicted octanol–water partition coefficient (Wildman–Crippen LogP) is 3.68. The average Bonchev–Trinajstić information content (AvgIpc) is 3.08. The molecule has 0 saturated heterocycles. The molecule has 1 aliphatic rings. The van der Waals surface area contributed by atoms with Crippen LogP contribution in [0.15, 0.2) is 41.1 Å². The summed E-state index contributed by atoms with van der Waals surface area (Å²) in [6, 6.07) is 7.71. The summed E-state index contributed by atoms with van der Waals surface area (Å²) in [6.07, 6.45) is 8.20. The molecule has 0 radical (unpaired) electrons. The van der Waals surface area contributed by atoms with Crippen LogP contribution in [0.4, 0.5) is 0 Å². The minimum atomic E-state index is 0.0262. The van der Waals surface area contributed by atoms with Crippen molar-refractivity contribution >= 4 is 17.7 Å². The Morgan fingerprint density at radius 2 is 2.07 bits per heavy atom. The molecule has 0 saturated carbocycles. The minimum Gasteiger partial charge on any atom is -0.497 e. The Bertz CT molecular complexity index is 799. The first-order chi connectivity index (χ1) is 13.2. The molecule has 0 aliphatic heterocycles. The van der Waals surface area contributed by atoms with E-state index < -0.39 is 0 Å². The van der Waals surface area contributed by atoms with Crippen LogP contribution in [0.1, 0.15) is 37.9 Å². The highest BCUT2D eigenvalue weighted by Gasteiger charge is 2.13. The number of thioether (sulfide) groups is 1. The van der Waals surface area contributed by atoms with Crippen molar-refractivity contribution in [2.45, 2.75) is 44.2 Å². The monoisotopic (exact) mass is 386 g/mol. The van der Waals surface area contributed by atoms with E-state index in [9.17, 15) is 4.79 Å². The van der Waals surface area contributed by atoms with E-state index in [1.165, 1.54) is 43.0 Å². The number of hydrogen-bond donors (Lipinski definition) is 1. The topological polar surface area (TPSA) is 69.0 Å². The van der Waals surface area contributed by atoms with Gasteiger partial charge >= 0.3 is 0 Å². The Hall–Kier alpha value is -2.28. The van der Waals surface area contributed by atoms with Crippen molar-refractivity contribution in [3.63, 3.8) is 0 Å². The highest BCUT2D eigenvalue weighted by Crippen LogP contribution is 2.23. The fourth-order valence-electron chi connectivity index (χ4n) is 3.14. The standard InChI is InChI=1S/C20H26N4O2S/c1-15-22-23-20(24(15)17-8-10-18(26-2)11-9-17)27-14-19(25)21-13-12-16-6-4-3-5-7-16/h6,8-11H,3-5,7,12-14H2,1-2H3,(H,21,25). The third-order valence-electron chi connectivity index (χ3n) is 4.61.